The molecule has 0 spiro atoms. The van der Waals surface area contributed by atoms with E-state index >= 15 is 0 Å². The molecule has 142 valence electrons. The first-order valence-corrected chi connectivity index (χ1v) is 8.28. The molecule has 1 unspecified atom stereocenters. The number of nitrogens with two attached hydrogens (primary N) is 1. The Bertz CT molecular complexity index is 701. The fourth-order valence-corrected chi connectivity index (χ4v) is 2.70. The maximum absolute atomic E-state index is 12.3. The van der Waals surface area contributed by atoms with Gasteiger partial charge in [-0.3, -0.25) is 4.79 Å². The molecule has 2 heterocycles. The molecule has 1 saturated heterocycles. The number of carbonyl (C=O) groups excluding carboxylic acids is 1. The van der Waals surface area contributed by atoms with Gasteiger partial charge in [-0.1, -0.05) is 5.16 Å². The van der Waals surface area contributed by atoms with E-state index in [1.807, 2.05) is 0 Å². The van der Waals surface area contributed by atoms with Gasteiger partial charge in [0.25, 0.3) is 0 Å². The number of anilines is 1. The van der Waals surface area contributed by atoms with Gasteiger partial charge in [0, 0.05) is 25.8 Å². The Balaban J connectivity index is 0.00000243. The number of amides is 1. The van der Waals surface area contributed by atoms with Gasteiger partial charge in [0.15, 0.2) is 6.61 Å². The SMILES string of the molecule is Cc1nc(COc2ccc(NC(=O)C(N)C3CCOCC3)cc2)no1.Cl. The quantitative estimate of drug-likeness (QED) is 0.786. The third kappa shape index (κ3) is 5.42. The number of hydrogen-bond donors (Lipinski definition) is 2. The van der Waals surface area contributed by atoms with Crippen molar-refractivity contribution in [1.29, 1.82) is 0 Å². The number of aromatic nitrogens is 2. The molecule has 3 rings (SSSR count). The fourth-order valence-electron chi connectivity index (χ4n) is 2.70. The minimum Gasteiger partial charge on any atom is -0.485 e. The zero-order valence-electron chi connectivity index (χ0n) is 14.5. The average Bonchev–Trinajstić information content (AvgIpc) is 3.06. The number of ether oxygens (including phenoxy) is 2. The van der Waals surface area contributed by atoms with Gasteiger partial charge in [-0.2, -0.15) is 4.98 Å². The first-order chi connectivity index (χ1) is 12.1. The molecule has 1 aromatic carbocycles. The summed E-state index contributed by atoms with van der Waals surface area (Å²) in [5.74, 6) is 1.61. The van der Waals surface area contributed by atoms with Crippen LogP contribution in [0.5, 0.6) is 5.75 Å². The van der Waals surface area contributed by atoms with E-state index in [2.05, 4.69) is 15.5 Å². The number of rotatable bonds is 6. The lowest BCUT2D eigenvalue weighted by atomic mass is 9.92. The van der Waals surface area contributed by atoms with E-state index in [-0.39, 0.29) is 30.8 Å². The van der Waals surface area contributed by atoms with Crippen molar-refractivity contribution in [1.82, 2.24) is 10.1 Å². The smallest absolute Gasteiger partial charge is 0.241 e. The maximum atomic E-state index is 12.3. The van der Waals surface area contributed by atoms with Crippen molar-refractivity contribution in [3.05, 3.63) is 36.0 Å². The molecular weight excluding hydrogens is 360 g/mol. The molecular formula is C17H23ClN4O4. The summed E-state index contributed by atoms with van der Waals surface area (Å²) in [7, 11) is 0. The lowest BCUT2D eigenvalue weighted by Gasteiger charge is -2.26. The first kappa shape index (κ1) is 20.2. The topological polar surface area (TPSA) is 112 Å². The molecule has 1 fully saturated rings. The molecule has 26 heavy (non-hydrogen) atoms. The van der Waals surface area contributed by atoms with Gasteiger partial charge in [-0.25, -0.2) is 0 Å². The Hall–Kier alpha value is -2.16. The third-order valence-electron chi connectivity index (χ3n) is 4.14. The predicted molar refractivity (Wildman–Crippen MR) is 97.2 cm³/mol. The van der Waals surface area contributed by atoms with Crippen molar-refractivity contribution in [2.75, 3.05) is 18.5 Å². The summed E-state index contributed by atoms with van der Waals surface area (Å²) in [6.07, 6.45) is 1.63. The molecule has 0 saturated carbocycles. The van der Waals surface area contributed by atoms with Crippen LogP contribution in [0.15, 0.2) is 28.8 Å². The van der Waals surface area contributed by atoms with Crippen LogP contribution in [0.25, 0.3) is 0 Å². The number of halogens is 1. The van der Waals surface area contributed by atoms with Gasteiger partial charge in [0.1, 0.15) is 5.75 Å². The Morgan fingerprint density at radius 3 is 2.65 bits per heavy atom. The Labute approximate surface area is 157 Å². The second-order valence-corrected chi connectivity index (χ2v) is 6.01. The number of hydrogen-bond acceptors (Lipinski definition) is 7. The summed E-state index contributed by atoms with van der Waals surface area (Å²) < 4.78 is 15.8. The summed E-state index contributed by atoms with van der Waals surface area (Å²) in [5.41, 5.74) is 6.74. The summed E-state index contributed by atoms with van der Waals surface area (Å²) >= 11 is 0. The van der Waals surface area contributed by atoms with Gasteiger partial charge in [-0.15, -0.1) is 12.4 Å². The molecule has 1 atom stereocenters. The number of benzene rings is 1. The van der Waals surface area contributed by atoms with Crippen molar-refractivity contribution in [3.8, 4) is 5.75 Å². The molecule has 3 N–H and O–H groups in total. The van der Waals surface area contributed by atoms with Crippen LogP contribution in [0.4, 0.5) is 5.69 Å². The van der Waals surface area contributed by atoms with Gasteiger partial charge >= 0.3 is 0 Å². The van der Waals surface area contributed by atoms with Gasteiger partial charge in [0.05, 0.1) is 6.04 Å². The van der Waals surface area contributed by atoms with E-state index in [0.29, 0.717) is 36.4 Å². The fraction of sp³-hybridized carbons (Fsp3) is 0.471. The molecule has 0 radical (unpaired) electrons. The van der Waals surface area contributed by atoms with Crippen LogP contribution in [0.2, 0.25) is 0 Å². The molecule has 1 amide bonds. The van der Waals surface area contributed by atoms with Crippen molar-refractivity contribution >= 4 is 24.0 Å². The lowest BCUT2D eigenvalue weighted by Crippen LogP contribution is -2.43. The van der Waals surface area contributed by atoms with Crippen LogP contribution < -0.4 is 15.8 Å². The highest BCUT2D eigenvalue weighted by molar-refractivity contribution is 5.94. The van der Waals surface area contributed by atoms with E-state index < -0.39 is 6.04 Å². The average molecular weight is 383 g/mol. The largest absolute Gasteiger partial charge is 0.485 e. The second kappa shape index (κ2) is 9.51. The summed E-state index contributed by atoms with van der Waals surface area (Å²) in [4.78, 5) is 16.3. The second-order valence-electron chi connectivity index (χ2n) is 6.01. The molecule has 9 heteroatoms. The van der Waals surface area contributed by atoms with Gasteiger partial charge in [0.2, 0.25) is 17.6 Å². The maximum Gasteiger partial charge on any atom is 0.241 e. The number of nitrogens with zero attached hydrogens (tertiary/aromatic N) is 2. The highest BCUT2D eigenvalue weighted by Crippen LogP contribution is 2.20. The number of carbonyl (C=O) groups is 1. The number of aryl methyl sites for hydroxylation is 1. The van der Waals surface area contributed by atoms with Crippen LogP contribution in [-0.2, 0) is 16.1 Å². The monoisotopic (exact) mass is 382 g/mol. The zero-order valence-corrected chi connectivity index (χ0v) is 15.3. The van der Waals surface area contributed by atoms with E-state index in [4.69, 9.17) is 19.7 Å². The van der Waals surface area contributed by atoms with E-state index in [0.717, 1.165) is 12.8 Å². The normalized spacial score (nSPS) is 15.8. The molecule has 8 nitrogen and oxygen atoms in total. The lowest BCUT2D eigenvalue weighted by molar-refractivity contribution is -0.119. The van der Waals surface area contributed by atoms with E-state index in [1.54, 1.807) is 31.2 Å². The van der Waals surface area contributed by atoms with Crippen molar-refractivity contribution in [2.24, 2.45) is 11.7 Å². The molecule has 1 aliphatic heterocycles. The minimum absolute atomic E-state index is 0. The van der Waals surface area contributed by atoms with Crippen LogP contribution in [-0.4, -0.2) is 35.3 Å². The van der Waals surface area contributed by atoms with Crippen LogP contribution in [0.1, 0.15) is 24.6 Å². The Morgan fingerprint density at radius 2 is 2.04 bits per heavy atom. The highest BCUT2D eigenvalue weighted by atomic mass is 35.5. The summed E-state index contributed by atoms with van der Waals surface area (Å²) in [6, 6.07) is 6.54. The van der Waals surface area contributed by atoms with E-state index in [9.17, 15) is 4.79 Å². The molecule has 0 bridgehead atoms. The van der Waals surface area contributed by atoms with Gasteiger partial charge in [-0.05, 0) is 43.0 Å². The Morgan fingerprint density at radius 1 is 1.35 bits per heavy atom. The first-order valence-electron chi connectivity index (χ1n) is 8.28. The molecule has 1 aliphatic rings. The molecule has 0 aliphatic carbocycles. The van der Waals surface area contributed by atoms with Crippen molar-refractivity contribution < 1.29 is 18.8 Å². The summed E-state index contributed by atoms with van der Waals surface area (Å²) in [6.45, 7) is 3.27. The van der Waals surface area contributed by atoms with Crippen molar-refractivity contribution in [2.45, 2.75) is 32.4 Å². The van der Waals surface area contributed by atoms with E-state index in [1.165, 1.54) is 0 Å². The van der Waals surface area contributed by atoms with Crippen LogP contribution >= 0.6 is 12.4 Å². The van der Waals surface area contributed by atoms with Crippen LogP contribution in [0, 0.1) is 12.8 Å². The van der Waals surface area contributed by atoms with Crippen LogP contribution in [0.3, 0.4) is 0 Å². The predicted octanol–water partition coefficient (Wildman–Crippen LogP) is 2.07. The zero-order chi connectivity index (χ0) is 17.6. The molecule has 2 aromatic rings. The van der Waals surface area contributed by atoms with Gasteiger partial charge < -0.3 is 25.0 Å². The van der Waals surface area contributed by atoms with Crippen molar-refractivity contribution in [3.63, 3.8) is 0 Å². The third-order valence-corrected chi connectivity index (χ3v) is 4.14. The highest BCUT2D eigenvalue weighted by Gasteiger charge is 2.26. The summed E-state index contributed by atoms with van der Waals surface area (Å²) in [5, 5.41) is 6.60. The minimum atomic E-state index is -0.527. The number of nitrogens with one attached hydrogen (secondary N) is 1. The molecule has 1 aromatic heterocycles. The Kier molecular flexibility index (Phi) is 7.38. The standard InChI is InChI=1S/C17H22N4O4.ClH/c1-11-19-15(21-25-11)10-24-14-4-2-13(3-5-14)20-17(22)16(18)12-6-8-23-9-7-12;/h2-5,12,16H,6-10,18H2,1H3,(H,20,22);1H.